The van der Waals surface area contributed by atoms with E-state index >= 15 is 0 Å². The molecule has 0 radical (unpaired) electrons. The lowest BCUT2D eigenvalue weighted by atomic mass is 10.2. The Morgan fingerprint density at radius 3 is 2.43 bits per heavy atom. The molecule has 0 aliphatic carbocycles. The van der Waals surface area contributed by atoms with Gasteiger partial charge in [0.15, 0.2) is 0 Å². The Balaban J connectivity index is 2.22. The van der Waals surface area contributed by atoms with Gasteiger partial charge < -0.3 is 9.80 Å². The van der Waals surface area contributed by atoms with E-state index in [0.29, 0.717) is 16.3 Å². The molecule has 1 aromatic heterocycles. The molecular weight excluding hydrogens is 378 g/mol. The fourth-order valence-electron chi connectivity index (χ4n) is 2.30. The molecule has 1 heterocycles. The lowest BCUT2D eigenvalue weighted by Gasteiger charge is -2.21. The van der Waals surface area contributed by atoms with Gasteiger partial charge in [-0.25, -0.2) is 4.98 Å². The second kappa shape index (κ2) is 7.79. The van der Waals surface area contributed by atoms with Crippen molar-refractivity contribution in [2.75, 3.05) is 29.9 Å². The van der Waals surface area contributed by atoms with Gasteiger partial charge in [0.25, 0.3) is 5.91 Å². The second-order valence-electron chi connectivity index (χ2n) is 5.04. The highest BCUT2D eigenvalue weighted by Crippen LogP contribution is 2.29. The highest BCUT2D eigenvalue weighted by Gasteiger charge is 2.17. The number of carbonyl (C=O) groups excluding carboxylic acids is 1. The molecule has 4 nitrogen and oxygen atoms in total. The van der Waals surface area contributed by atoms with Gasteiger partial charge in [-0.15, -0.1) is 0 Å². The van der Waals surface area contributed by atoms with Gasteiger partial charge in [0.2, 0.25) is 0 Å². The smallest absolute Gasteiger partial charge is 0.259 e. The molecule has 0 bridgehead atoms. The molecule has 0 saturated heterocycles. The summed E-state index contributed by atoms with van der Waals surface area (Å²) in [6, 6.07) is 9.10. The molecule has 0 unspecified atom stereocenters. The van der Waals surface area contributed by atoms with Crippen LogP contribution in [0.1, 0.15) is 24.2 Å². The number of amides is 1. The second-order valence-corrected chi connectivity index (χ2v) is 6.36. The van der Waals surface area contributed by atoms with E-state index in [-0.39, 0.29) is 5.91 Å². The van der Waals surface area contributed by atoms with Crippen LogP contribution in [-0.4, -0.2) is 31.0 Å². The summed E-state index contributed by atoms with van der Waals surface area (Å²) in [4.78, 5) is 20.7. The Morgan fingerprint density at radius 1 is 1.22 bits per heavy atom. The number of hydrogen-bond acceptors (Lipinski definition) is 3. The molecule has 6 heteroatoms. The van der Waals surface area contributed by atoms with E-state index in [1.807, 2.05) is 18.2 Å². The van der Waals surface area contributed by atoms with Crippen LogP contribution < -0.4 is 9.80 Å². The molecule has 0 aliphatic rings. The third-order valence-corrected chi connectivity index (χ3v) is 4.45. The lowest BCUT2D eigenvalue weighted by Crippen LogP contribution is -2.27. The SMILES string of the molecule is CCN(CC)c1ccc(C(=O)N(C)c2ccc(Br)cc2Cl)cn1. The number of pyridine rings is 1. The van der Waals surface area contributed by atoms with E-state index < -0.39 is 0 Å². The summed E-state index contributed by atoms with van der Waals surface area (Å²) in [6.45, 7) is 5.91. The molecule has 1 aromatic carbocycles. The molecule has 23 heavy (non-hydrogen) atoms. The van der Waals surface area contributed by atoms with Gasteiger partial charge in [0.1, 0.15) is 5.82 Å². The summed E-state index contributed by atoms with van der Waals surface area (Å²) in [5.74, 6) is 0.726. The fourth-order valence-corrected chi connectivity index (χ4v) is 3.10. The Bertz CT molecular complexity index is 687. The molecule has 1 amide bonds. The fraction of sp³-hybridized carbons (Fsp3) is 0.294. The maximum atomic E-state index is 12.6. The number of rotatable bonds is 5. The van der Waals surface area contributed by atoms with E-state index in [1.165, 1.54) is 4.90 Å². The van der Waals surface area contributed by atoms with Crippen molar-refractivity contribution in [3.8, 4) is 0 Å². The molecule has 0 saturated carbocycles. The largest absolute Gasteiger partial charge is 0.357 e. The molecule has 0 N–H and O–H groups in total. The maximum Gasteiger partial charge on any atom is 0.259 e. The molecule has 0 spiro atoms. The van der Waals surface area contributed by atoms with E-state index in [1.54, 1.807) is 25.4 Å². The Kier molecular flexibility index (Phi) is 6.02. The molecule has 2 rings (SSSR count). The third-order valence-electron chi connectivity index (χ3n) is 3.66. The number of benzene rings is 1. The molecule has 0 atom stereocenters. The van der Waals surface area contributed by atoms with Crippen LogP contribution in [0.2, 0.25) is 5.02 Å². The standard InChI is InChI=1S/C17H19BrClN3O/c1-4-22(5-2)16-9-6-12(11-20-16)17(23)21(3)15-8-7-13(18)10-14(15)19/h6-11H,4-5H2,1-3H3. The normalized spacial score (nSPS) is 10.5. The van der Waals surface area contributed by atoms with Gasteiger partial charge in [0, 0.05) is 30.8 Å². The molecule has 0 fully saturated rings. The van der Waals surface area contributed by atoms with Crippen LogP contribution in [0.15, 0.2) is 41.0 Å². The molecule has 2 aromatic rings. The third kappa shape index (κ3) is 4.03. The highest BCUT2D eigenvalue weighted by molar-refractivity contribution is 9.10. The average molecular weight is 397 g/mol. The summed E-state index contributed by atoms with van der Waals surface area (Å²) in [6.07, 6.45) is 1.61. The predicted molar refractivity (Wildman–Crippen MR) is 99.7 cm³/mol. The van der Waals surface area contributed by atoms with Gasteiger partial charge in [-0.2, -0.15) is 0 Å². The van der Waals surface area contributed by atoms with Crippen LogP contribution in [0.4, 0.5) is 11.5 Å². The first-order chi connectivity index (χ1) is 11.0. The highest BCUT2D eigenvalue weighted by atomic mass is 79.9. The van der Waals surface area contributed by atoms with Gasteiger partial charge in [-0.1, -0.05) is 27.5 Å². The van der Waals surface area contributed by atoms with Crippen LogP contribution >= 0.6 is 27.5 Å². The van der Waals surface area contributed by atoms with E-state index in [2.05, 4.69) is 39.7 Å². The van der Waals surface area contributed by atoms with E-state index in [0.717, 1.165) is 23.4 Å². The number of hydrogen-bond donors (Lipinski definition) is 0. The zero-order valence-electron chi connectivity index (χ0n) is 13.4. The number of nitrogens with zero attached hydrogens (tertiary/aromatic N) is 3. The topological polar surface area (TPSA) is 36.4 Å². The van der Waals surface area contributed by atoms with Crippen molar-refractivity contribution in [2.45, 2.75) is 13.8 Å². The van der Waals surface area contributed by atoms with Gasteiger partial charge in [-0.05, 0) is 44.2 Å². The van der Waals surface area contributed by atoms with E-state index in [9.17, 15) is 4.79 Å². The summed E-state index contributed by atoms with van der Waals surface area (Å²) in [7, 11) is 1.70. The summed E-state index contributed by atoms with van der Waals surface area (Å²) in [5.41, 5.74) is 1.19. The number of aromatic nitrogens is 1. The first-order valence-corrected chi connectivity index (χ1v) is 8.59. The van der Waals surface area contributed by atoms with Gasteiger partial charge >= 0.3 is 0 Å². The van der Waals surface area contributed by atoms with Crippen molar-refractivity contribution < 1.29 is 4.79 Å². The van der Waals surface area contributed by atoms with Crippen LogP contribution in [0.25, 0.3) is 0 Å². The average Bonchev–Trinajstić information content (AvgIpc) is 2.55. The van der Waals surface area contributed by atoms with Gasteiger partial charge in [-0.3, -0.25) is 4.79 Å². The van der Waals surface area contributed by atoms with Crippen molar-refractivity contribution in [2.24, 2.45) is 0 Å². The van der Waals surface area contributed by atoms with Gasteiger partial charge in [0.05, 0.1) is 16.3 Å². The number of carbonyl (C=O) groups is 1. The van der Waals surface area contributed by atoms with Crippen LogP contribution in [0.3, 0.4) is 0 Å². The summed E-state index contributed by atoms with van der Waals surface area (Å²) >= 11 is 9.57. The molecule has 122 valence electrons. The minimum atomic E-state index is -0.146. The Labute approximate surface area is 150 Å². The monoisotopic (exact) mass is 395 g/mol. The number of halogens is 2. The van der Waals surface area contributed by atoms with Crippen LogP contribution in [0, 0.1) is 0 Å². The van der Waals surface area contributed by atoms with Crippen molar-refractivity contribution in [1.82, 2.24) is 4.98 Å². The van der Waals surface area contributed by atoms with Crippen molar-refractivity contribution in [3.63, 3.8) is 0 Å². The Morgan fingerprint density at radius 2 is 1.91 bits per heavy atom. The first kappa shape index (κ1) is 17.8. The lowest BCUT2D eigenvalue weighted by molar-refractivity contribution is 0.0992. The zero-order chi connectivity index (χ0) is 17.0. The number of anilines is 2. The first-order valence-electron chi connectivity index (χ1n) is 7.42. The minimum absolute atomic E-state index is 0.146. The van der Waals surface area contributed by atoms with Crippen molar-refractivity contribution >= 4 is 44.9 Å². The molecule has 0 aliphatic heterocycles. The maximum absolute atomic E-state index is 12.6. The van der Waals surface area contributed by atoms with Crippen LogP contribution in [0.5, 0.6) is 0 Å². The Hall–Kier alpha value is -1.59. The van der Waals surface area contributed by atoms with Crippen molar-refractivity contribution in [3.05, 3.63) is 51.6 Å². The van der Waals surface area contributed by atoms with Crippen LogP contribution in [-0.2, 0) is 0 Å². The quantitative estimate of drug-likeness (QED) is 0.740. The predicted octanol–water partition coefficient (Wildman–Crippen LogP) is 4.62. The van der Waals surface area contributed by atoms with E-state index in [4.69, 9.17) is 11.6 Å². The minimum Gasteiger partial charge on any atom is -0.357 e. The zero-order valence-corrected chi connectivity index (χ0v) is 15.7. The summed E-state index contributed by atoms with van der Waals surface area (Å²) in [5, 5.41) is 0.517. The van der Waals surface area contributed by atoms with Crippen molar-refractivity contribution in [1.29, 1.82) is 0 Å². The summed E-state index contributed by atoms with van der Waals surface area (Å²) < 4.78 is 0.873. The molecular formula is C17H19BrClN3O.